The number of likely N-dealkylation sites (tertiary alicyclic amines) is 1. The van der Waals surface area contributed by atoms with Crippen molar-refractivity contribution in [2.24, 2.45) is 0 Å². The molecule has 0 spiro atoms. The number of nitrogens with zero attached hydrogens (tertiary/aromatic N) is 3. The van der Waals surface area contributed by atoms with E-state index in [-0.39, 0.29) is 30.3 Å². The van der Waals surface area contributed by atoms with Crippen molar-refractivity contribution in [2.45, 2.75) is 44.7 Å². The van der Waals surface area contributed by atoms with E-state index in [4.69, 9.17) is 18.9 Å². The van der Waals surface area contributed by atoms with Gasteiger partial charge in [-0.25, -0.2) is 19.6 Å². The van der Waals surface area contributed by atoms with Gasteiger partial charge in [0.25, 0.3) is 0 Å². The number of esters is 1. The van der Waals surface area contributed by atoms with Crippen LogP contribution in [0.2, 0.25) is 0 Å². The minimum Gasteiger partial charge on any atom is -0.496 e. The van der Waals surface area contributed by atoms with E-state index < -0.39 is 36.1 Å². The molecule has 43 heavy (non-hydrogen) atoms. The van der Waals surface area contributed by atoms with Crippen molar-refractivity contribution in [2.75, 3.05) is 20.8 Å². The molecular formula is C30H28F3N3O6S. The Morgan fingerprint density at radius 1 is 1.07 bits per heavy atom. The van der Waals surface area contributed by atoms with E-state index in [1.807, 2.05) is 30.3 Å². The van der Waals surface area contributed by atoms with Crippen LogP contribution in [-0.2, 0) is 27.1 Å². The number of fused-ring (bicyclic) bond motifs is 1. The number of amides is 1. The van der Waals surface area contributed by atoms with Crippen molar-refractivity contribution >= 4 is 34.3 Å². The van der Waals surface area contributed by atoms with Crippen molar-refractivity contribution in [3.8, 4) is 22.2 Å². The molecule has 5 rings (SSSR count). The Morgan fingerprint density at radius 2 is 1.84 bits per heavy atom. The van der Waals surface area contributed by atoms with Gasteiger partial charge in [0.05, 0.1) is 19.7 Å². The van der Waals surface area contributed by atoms with Crippen LogP contribution in [0.3, 0.4) is 0 Å². The highest BCUT2D eigenvalue weighted by Gasteiger charge is 2.39. The molecule has 1 aliphatic heterocycles. The van der Waals surface area contributed by atoms with Gasteiger partial charge >= 0.3 is 18.2 Å². The molecule has 0 unspecified atom stereocenters. The molecule has 226 valence electrons. The number of carbonyl (C=O) groups is 2. The molecule has 1 amide bonds. The first-order chi connectivity index (χ1) is 20.6. The SMILES string of the molecule is COC(=O)[C@@H]1C[C@@H](Oc2cc(-c3nc(C(F)(F)F)cs3)nc3c(C)c(OC)ccc23)CCN1C(=O)OCc1ccccc1. The molecule has 3 heterocycles. The van der Waals surface area contributed by atoms with Crippen molar-refractivity contribution < 1.29 is 41.7 Å². The fourth-order valence-electron chi connectivity index (χ4n) is 4.93. The third kappa shape index (κ3) is 6.51. The van der Waals surface area contributed by atoms with Crippen molar-refractivity contribution in [3.05, 3.63) is 70.7 Å². The summed E-state index contributed by atoms with van der Waals surface area (Å²) in [5.41, 5.74) is 1.14. The van der Waals surface area contributed by atoms with E-state index in [0.717, 1.165) is 22.3 Å². The number of aromatic nitrogens is 2. The number of halogens is 3. The second-order valence-corrected chi connectivity index (χ2v) is 10.7. The topological polar surface area (TPSA) is 100 Å². The van der Waals surface area contributed by atoms with Gasteiger partial charge in [-0.2, -0.15) is 13.2 Å². The quantitative estimate of drug-likeness (QED) is 0.220. The lowest BCUT2D eigenvalue weighted by Crippen LogP contribution is -2.52. The van der Waals surface area contributed by atoms with E-state index >= 15 is 0 Å². The number of thiazole rings is 1. The summed E-state index contributed by atoms with van der Waals surface area (Å²) in [5.74, 6) is 0.280. The standard InChI is InChI=1S/C30H28F3N3O6S/c1-17-23(39-2)10-9-20-24(14-21(34-26(17)20)27-35-25(16-43-27)30(31,32)33)42-19-11-12-36(22(13-19)28(37)40-3)29(38)41-15-18-7-5-4-6-8-18/h4-10,14,16,19,22H,11-13,15H2,1-3H3/t19-,22-/m0/s1. The smallest absolute Gasteiger partial charge is 0.434 e. The minimum atomic E-state index is -4.59. The number of aryl methyl sites for hydroxylation is 1. The summed E-state index contributed by atoms with van der Waals surface area (Å²) in [6, 6.07) is 13.3. The number of hydrogen-bond donors (Lipinski definition) is 0. The Kier molecular flexibility index (Phi) is 8.71. The van der Waals surface area contributed by atoms with E-state index in [0.29, 0.717) is 34.4 Å². The Labute approximate surface area is 249 Å². The maximum atomic E-state index is 13.3. The maximum Gasteiger partial charge on any atom is 0.434 e. The number of piperidine rings is 1. The van der Waals surface area contributed by atoms with Crippen LogP contribution in [0.25, 0.3) is 21.6 Å². The van der Waals surface area contributed by atoms with Gasteiger partial charge in [0.2, 0.25) is 0 Å². The number of methoxy groups -OCH3 is 2. The lowest BCUT2D eigenvalue weighted by Gasteiger charge is -2.37. The molecule has 2 aromatic heterocycles. The molecule has 0 bridgehead atoms. The van der Waals surface area contributed by atoms with Crippen LogP contribution in [0.1, 0.15) is 29.7 Å². The van der Waals surface area contributed by atoms with Crippen LogP contribution < -0.4 is 9.47 Å². The first kappa shape index (κ1) is 30.1. The summed E-state index contributed by atoms with van der Waals surface area (Å²) in [7, 11) is 2.75. The highest BCUT2D eigenvalue weighted by Crippen LogP contribution is 2.39. The van der Waals surface area contributed by atoms with E-state index in [1.54, 1.807) is 25.1 Å². The number of alkyl halides is 3. The molecule has 1 fully saturated rings. The van der Waals surface area contributed by atoms with Crippen LogP contribution in [-0.4, -0.2) is 59.8 Å². The summed E-state index contributed by atoms with van der Waals surface area (Å²) in [4.78, 5) is 35.4. The monoisotopic (exact) mass is 615 g/mol. The van der Waals surface area contributed by atoms with Gasteiger partial charge in [-0.05, 0) is 24.6 Å². The van der Waals surface area contributed by atoms with Crippen molar-refractivity contribution in [1.82, 2.24) is 14.9 Å². The van der Waals surface area contributed by atoms with Crippen molar-refractivity contribution in [3.63, 3.8) is 0 Å². The third-order valence-electron chi connectivity index (χ3n) is 7.14. The molecule has 2 atom stereocenters. The molecule has 0 N–H and O–H groups in total. The van der Waals surface area contributed by atoms with Gasteiger partial charge in [-0.1, -0.05) is 30.3 Å². The summed E-state index contributed by atoms with van der Waals surface area (Å²) in [5, 5.41) is 1.62. The highest BCUT2D eigenvalue weighted by molar-refractivity contribution is 7.13. The number of benzene rings is 2. The molecule has 2 aromatic carbocycles. The predicted molar refractivity (Wildman–Crippen MR) is 152 cm³/mol. The number of carbonyl (C=O) groups excluding carboxylic acids is 2. The summed E-state index contributed by atoms with van der Waals surface area (Å²) >= 11 is 0.823. The zero-order valence-corrected chi connectivity index (χ0v) is 24.3. The lowest BCUT2D eigenvalue weighted by molar-refractivity contribution is -0.149. The average molecular weight is 616 g/mol. The fourth-order valence-corrected chi connectivity index (χ4v) is 5.71. The maximum absolute atomic E-state index is 13.3. The fraction of sp³-hybridized carbons (Fsp3) is 0.333. The van der Waals surface area contributed by atoms with Crippen LogP contribution in [0, 0.1) is 6.92 Å². The second-order valence-electron chi connectivity index (χ2n) is 9.87. The number of hydrogen-bond acceptors (Lipinski definition) is 9. The number of ether oxygens (including phenoxy) is 4. The Hall–Kier alpha value is -4.39. The zero-order valence-electron chi connectivity index (χ0n) is 23.5. The first-order valence-electron chi connectivity index (χ1n) is 13.3. The number of pyridine rings is 1. The molecule has 0 saturated carbocycles. The van der Waals surface area contributed by atoms with Gasteiger partial charge in [0.1, 0.15) is 41.0 Å². The molecule has 0 radical (unpaired) electrons. The van der Waals surface area contributed by atoms with Gasteiger partial charge < -0.3 is 18.9 Å². The summed E-state index contributed by atoms with van der Waals surface area (Å²) < 4.78 is 62.1. The summed E-state index contributed by atoms with van der Waals surface area (Å²) in [6.45, 7) is 1.99. The van der Waals surface area contributed by atoms with Gasteiger partial charge in [0, 0.05) is 41.8 Å². The van der Waals surface area contributed by atoms with E-state index in [9.17, 15) is 22.8 Å². The van der Waals surface area contributed by atoms with Crippen molar-refractivity contribution in [1.29, 1.82) is 0 Å². The van der Waals surface area contributed by atoms with E-state index in [2.05, 4.69) is 9.97 Å². The van der Waals surface area contributed by atoms with Crippen LogP contribution in [0.5, 0.6) is 11.5 Å². The minimum absolute atomic E-state index is 0.0470. The van der Waals surface area contributed by atoms with Gasteiger partial charge in [0.15, 0.2) is 5.69 Å². The van der Waals surface area contributed by atoms with E-state index in [1.165, 1.54) is 19.1 Å². The Morgan fingerprint density at radius 3 is 2.51 bits per heavy atom. The largest absolute Gasteiger partial charge is 0.496 e. The second kappa shape index (κ2) is 12.5. The van der Waals surface area contributed by atoms with Gasteiger partial charge in [-0.3, -0.25) is 4.90 Å². The lowest BCUT2D eigenvalue weighted by atomic mass is 9.99. The molecule has 1 saturated heterocycles. The molecule has 4 aromatic rings. The first-order valence-corrected chi connectivity index (χ1v) is 14.2. The Balaban J connectivity index is 1.43. The zero-order chi connectivity index (χ0) is 30.7. The molecule has 13 heteroatoms. The van der Waals surface area contributed by atoms with Crippen LogP contribution in [0.15, 0.2) is 53.9 Å². The van der Waals surface area contributed by atoms with Crippen LogP contribution in [0.4, 0.5) is 18.0 Å². The van der Waals surface area contributed by atoms with Gasteiger partial charge in [-0.15, -0.1) is 11.3 Å². The molecule has 9 nitrogen and oxygen atoms in total. The average Bonchev–Trinajstić information content (AvgIpc) is 3.52. The normalized spacial score (nSPS) is 17.0. The Bertz CT molecular complexity index is 1630. The highest BCUT2D eigenvalue weighted by atomic mass is 32.1. The molecule has 0 aliphatic carbocycles. The van der Waals surface area contributed by atoms with Crippen LogP contribution >= 0.6 is 11.3 Å². The molecule has 1 aliphatic rings. The predicted octanol–water partition coefficient (Wildman–Crippen LogP) is 6.42. The molecular weight excluding hydrogens is 587 g/mol. The summed E-state index contributed by atoms with van der Waals surface area (Å²) in [6.07, 6.45) is -5.32. The third-order valence-corrected chi connectivity index (χ3v) is 8.01. The number of rotatable bonds is 7.